The van der Waals surface area contributed by atoms with E-state index < -0.39 is 22.2 Å². The van der Waals surface area contributed by atoms with Crippen molar-refractivity contribution in [3.63, 3.8) is 0 Å². The van der Waals surface area contributed by atoms with Gasteiger partial charge in [-0.3, -0.25) is 4.79 Å². The molecule has 1 aliphatic rings. The van der Waals surface area contributed by atoms with E-state index in [9.17, 15) is 13.2 Å². The first kappa shape index (κ1) is 23.6. The number of carbonyl (C=O) groups is 1. The maximum absolute atomic E-state index is 13.4. The summed E-state index contributed by atoms with van der Waals surface area (Å²) < 4.78 is 43.6. The average Bonchev–Trinajstić information content (AvgIpc) is 3.42. The van der Waals surface area contributed by atoms with Crippen LogP contribution in [0.1, 0.15) is 29.2 Å². The number of nitrogens with one attached hydrogen (secondary N) is 1. The number of hydrogen-bond acceptors (Lipinski definition) is 8. The molecule has 2 aromatic heterocycles. The Bertz CT molecular complexity index is 996. The lowest BCUT2D eigenvalue weighted by molar-refractivity contribution is -0.131. The third kappa shape index (κ3) is 5.60. The molecular formula is C20H27N3O6S2. The van der Waals surface area contributed by atoms with Crippen molar-refractivity contribution in [2.24, 2.45) is 5.92 Å². The number of amides is 1. The molecule has 0 aliphatic carbocycles. The molecule has 2 aromatic rings. The van der Waals surface area contributed by atoms with Gasteiger partial charge in [-0.05, 0) is 43.4 Å². The molecule has 3 heterocycles. The van der Waals surface area contributed by atoms with E-state index >= 15 is 0 Å². The monoisotopic (exact) mass is 469 g/mol. The Morgan fingerprint density at radius 1 is 1.42 bits per heavy atom. The fourth-order valence-corrected chi connectivity index (χ4v) is 5.83. The summed E-state index contributed by atoms with van der Waals surface area (Å²) in [5.74, 6) is -0.498. The van der Waals surface area contributed by atoms with Crippen LogP contribution in [-0.4, -0.2) is 63.9 Å². The zero-order chi connectivity index (χ0) is 22.4. The minimum absolute atomic E-state index is 0.0418. The summed E-state index contributed by atoms with van der Waals surface area (Å²) >= 11 is 1.53. The molecule has 170 valence electrons. The van der Waals surface area contributed by atoms with Crippen molar-refractivity contribution in [3.05, 3.63) is 33.8 Å². The quantitative estimate of drug-likeness (QED) is 0.561. The summed E-state index contributed by atoms with van der Waals surface area (Å²) in [5.41, 5.74) is 0.292. The second-order valence-electron chi connectivity index (χ2n) is 7.16. The lowest BCUT2D eigenvalue weighted by Gasteiger charge is -2.31. The van der Waals surface area contributed by atoms with Gasteiger partial charge >= 0.3 is 0 Å². The second kappa shape index (κ2) is 10.5. The van der Waals surface area contributed by atoms with Crippen LogP contribution in [0.4, 0.5) is 0 Å². The van der Waals surface area contributed by atoms with Gasteiger partial charge in [0.25, 0.3) is 0 Å². The summed E-state index contributed by atoms with van der Waals surface area (Å²) in [6.45, 7) is 2.22. The van der Waals surface area contributed by atoms with Gasteiger partial charge in [-0.2, -0.15) is 4.31 Å². The number of piperidine rings is 1. The van der Waals surface area contributed by atoms with Gasteiger partial charge in [-0.15, -0.1) is 11.3 Å². The number of aromatic nitrogens is 1. The lowest BCUT2D eigenvalue weighted by Crippen LogP contribution is -2.47. The van der Waals surface area contributed by atoms with Crippen LogP contribution in [-0.2, 0) is 24.3 Å². The highest BCUT2D eigenvalue weighted by Gasteiger charge is 2.37. The van der Waals surface area contributed by atoms with Gasteiger partial charge in [0.1, 0.15) is 5.69 Å². The van der Waals surface area contributed by atoms with Crippen molar-refractivity contribution in [2.45, 2.75) is 31.0 Å². The minimum Gasteiger partial charge on any atom is -0.355 e. The average molecular weight is 470 g/mol. The van der Waals surface area contributed by atoms with Crippen LogP contribution in [0.3, 0.4) is 0 Å². The Morgan fingerprint density at radius 3 is 2.87 bits per heavy atom. The molecule has 0 bridgehead atoms. The van der Waals surface area contributed by atoms with Gasteiger partial charge in [0.15, 0.2) is 16.9 Å². The zero-order valence-corrected chi connectivity index (χ0v) is 19.4. The SMILES string of the molecule is COC(CNC(=O)[C@@H]1CCCN(S(=O)(=O)c2c(C)noc2/C=C/c2cccs2)C1)OC. The molecule has 1 amide bonds. The molecule has 31 heavy (non-hydrogen) atoms. The van der Waals surface area contributed by atoms with E-state index in [0.717, 1.165) is 4.88 Å². The van der Waals surface area contributed by atoms with E-state index in [1.54, 1.807) is 19.1 Å². The number of methoxy groups -OCH3 is 2. The highest BCUT2D eigenvalue weighted by atomic mass is 32.2. The van der Waals surface area contributed by atoms with E-state index in [0.29, 0.717) is 25.1 Å². The van der Waals surface area contributed by atoms with Gasteiger partial charge in [-0.25, -0.2) is 8.42 Å². The van der Waals surface area contributed by atoms with Crippen LogP contribution in [0.25, 0.3) is 12.2 Å². The fourth-order valence-electron chi connectivity index (χ4n) is 3.44. The van der Waals surface area contributed by atoms with Crippen molar-refractivity contribution in [3.8, 4) is 0 Å². The molecule has 0 spiro atoms. The highest BCUT2D eigenvalue weighted by Crippen LogP contribution is 2.29. The Labute approximate surface area is 186 Å². The number of rotatable bonds is 9. The lowest BCUT2D eigenvalue weighted by atomic mass is 9.99. The third-order valence-electron chi connectivity index (χ3n) is 5.10. The molecule has 0 saturated carbocycles. The second-order valence-corrected chi connectivity index (χ2v) is 10.0. The van der Waals surface area contributed by atoms with E-state index in [1.807, 2.05) is 17.5 Å². The first-order valence-corrected chi connectivity index (χ1v) is 12.2. The molecule has 3 rings (SSSR count). The van der Waals surface area contributed by atoms with Gasteiger partial charge < -0.3 is 19.3 Å². The number of thiophene rings is 1. The summed E-state index contributed by atoms with van der Waals surface area (Å²) in [5, 5.41) is 8.57. The number of sulfonamides is 1. The minimum atomic E-state index is -3.88. The molecule has 1 atom stereocenters. The smallest absolute Gasteiger partial charge is 0.248 e. The molecule has 0 radical (unpaired) electrons. The normalized spacial score (nSPS) is 18.1. The summed E-state index contributed by atoms with van der Waals surface area (Å²) in [7, 11) is -0.904. The maximum atomic E-state index is 13.4. The third-order valence-corrected chi connectivity index (χ3v) is 7.96. The molecule has 1 fully saturated rings. The molecular weight excluding hydrogens is 442 g/mol. The summed E-state index contributed by atoms with van der Waals surface area (Å²) in [4.78, 5) is 13.6. The van der Waals surface area contributed by atoms with Crippen molar-refractivity contribution < 1.29 is 27.2 Å². The molecule has 1 N–H and O–H groups in total. The predicted octanol–water partition coefficient (Wildman–Crippen LogP) is 2.35. The van der Waals surface area contributed by atoms with Crippen molar-refractivity contribution >= 4 is 39.4 Å². The Hall–Kier alpha value is -2.05. The largest absolute Gasteiger partial charge is 0.355 e. The fraction of sp³-hybridized carbons (Fsp3) is 0.500. The van der Waals surface area contributed by atoms with E-state index in [4.69, 9.17) is 14.0 Å². The van der Waals surface area contributed by atoms with E-state index in [1.165, 1.54) is 29.9 Å². The molecule has 11 heteroatoms. The van der Waals surface area contributed by atoms with Crippen molar-refractivity contribution in [2.75, 3.05) is 33.9 Å². The Balaban J connectivity index is 1.75. The summed E-state index contributed by atoms with van der Waals surface area (Å²) in [6.07, 6.45) is 4.04. The standard InChI is InChI=1S/C20H27N3O6S2/c1-14-19(17(29-22-14)9-8-16-7-5-11-30-16)31(25,26)23-10-4-6-15(13-23)20(24)21-12-18(27-2)28-3/h5,7-9,11,15,18H,4,6,10,12-13H2,1-3H3,(H,21,24)/b9-8+/t15-/m1/s1. The van der Waals surface area contributed by atoms with Gasteiger partial charge in [0.05, 0.1) is 12.5 Å². The Morgan fingerprint density at radius 2 is 2.19 bits per heavy atom. The van der Waals surface area contributed by atoms with Crippen LogP contribution in [0, 0.1) is 12.8 Å². The molecule has 1 aliphatic heterocycles. The van der Waals surface area contributed by atoms with Crippen LogP contribution >= 0.6 is 11.3 Å². The zero-order valence-electron chi connectivity index (χ0n) is 17.7. The molecule has 0 aromatic carbocycles. The number of aryl methyl sites for hydroxylation is 1. The number of hydrogen-bond donors (Lipinski definition) is 1. The molecule has 1 saturated heterocycles. The first-order chi connectivity index (χ1) is 14.9. The summed E-state index contributed by atoms with van der Waals surface area (Å²) in [6, 6.07) is 3.83. The van der Waals surface area contributed by atoms with Crippen molar-refractivity contribution in [1.29, 1.82) is 0 Å². The highest BCUT2D eigenvalue weighted by molar-refractivity contribution is 7.89. The van der Waals surface area contributed by atoms with Crippen LogP contribution < -0.4 is 5.32 Å². The van der Waals surface area contributed by atoms with Gasteiger partial charge in [0, 0.05) is 32.2 Å². The Kier molecular flexibility index (Phi) is 8.00. The predicted molar refractivity (Wildman–Crippen MR) is 117 cm³/mol. The van der Waals surface area contributed by atoms with Crippen LogP contribution in [0.2, 0.25) is 0 Å². The van der Waals surface area contributed by atoms with Gasteiger partial charge in [-0.1, -0.05) is 11.2 Å². The number of nitrogens with zero attached hydrogens (tertiary/aromatic N) is 2. The van der Waals surface area contributed by atoms with Gasteiger partial charge in [0.2, 0.25) is 15.9 Å². The topological polar surface area (TPSA) is 111 Å². The van der Waals surface area contributed by atoms with Crippen molar-refractivity contribution in [1.82, 2.24) is 14.8 Å². The molecule has 0 unspecified atom stereocenters. The van der Waals surface area contributed by atoms with E-state index in [2.05, 4.69) is 10.5 Å². The first-order valence-electron chi connectivity index (χ1n) is 9.88. The van der Waals surface area contributed by atoms with Crippen LogP contribution in [0.15, 0.2) is 26.9 Å². The number of carbonyl (C=O) groups excluding carboxylic acids is 1. The molecule has 9 nitrogen and oxygen atoms in total. The van der Waals surface area contributed by atoms with Crippen LogP contribution in [0.5, 0.6) is 0 Å². The number of ether oxygens (including phenoxy) is 2. The van der Waals surface area contributed by atoms with E-state index in [-0.39, 0.29) is 29.7 Å². The maximum Gasteiger partial charge on any atom is 0.248 e.